The summed E-state index contributed by atoms with van der Waals surface area (Å²) in [6, 6.07) is 9.22. The lowest BCUT2D eigenvalue weighted by Gasteiger charge is -2.39. The Morgan fingerprint density at radius 1 is 1.19 bits per heavy atom. The Balaban J connectivity index is 1.49. The van der Waals surface area contributed by atoms with Crippen molar-refractivity contribution in [1.29, 1.82) is 0 Å². The Kier molecular flexibility index (Phi) is 6.14. The van der Waals surface area contributed by atoms with Crippen LogP contribution in [0.1, 0.15) is 39.5 Å². The number of nitrogens with one attached hydrogen (secondary N) is 1. The van der Waals surface area contributed by atoms with Crippen LogP contribution >= 0.6 is 0 Å². The standard InChI is InChI=1S/C21H28N2O4/c1-14-7-6-10-18(15(14)2)23-12-16(11-20(23)25)21(26)27-13-19(24)22-17-8-4-3-5-9-17/h3-5,8-9,14-16,18H,6-7,10-13H2,1-2H3,(H,22,24)/t14-,15-,16-,18+/m1/s1. The summed E-state index contributed by atoms with van der Waals surface area (Å²) in [6.45, 7) is 4.49. The van der Waals surface area contributed by atoms with Gasteiger partial charge in [0.1, 0.15) is 0 Å². The summed E-state index contributed by atoms with van der Waals surface area (Å²) < 4.78 is 5.16. The number of esters is 1. The van der Waals surface area contributed by atoms with Crippen molar-refractivity contribution in [2.24, 2.45) is 17.8 Å². The number of hydrogen-bond acceptors (Lipinski definition) is 4. The molecule has 2 aliphatic rings. The molecule has 0 aromatic heterocycles. The van der Waals surface area contributed by atoms with Gasteiger partial charge in [-0.2, -0.15) is 0 Å². The van der Waals surface area contributed by atoms with Gasteiger partial charge in [-0.15, -0.1) is 0 Å². The second kappa shape index (κ2) is 8.55. The Bertz CT molecular complexity index is 691. The molecule has 1 aliphatic heterocycles. The molecule has 1 aromatic rings. The normalized spacial score (nSPS) is 28.1. The molecule has 2 amide bonds. The molecular formula is C21H28N2O4. The van der Waals surface area contributed by atoms with Crippen molar-refractivity contribution in [3.8, 4) is 0 Å². The van der Waals surface area contributed by atoms with Crippen molar-refractivity contribution in [2.75, 3.05) is 18.5 Å². The number of carbonyl (C=O) groups is 3. The second-order valence-electron chi connectivity index (χ2n) is 7.80. The smallest absolute Gasteiger partial charge is 0.311 e. The SMILES string of the molecule is C[C@@H]1[C@H](C)CCC[C@@H]1N1C[C@H](C(=O)OCC(=O)Nc2ccccc2)CC1=O. The van der Waals surface area contributed by atoms with E-state index in [0.717, 1.165) is 12.8 Å². The number of amides is 2. The molecule has 2 fully saturated rings. The van der Waals surface area contributed by atoms with Crippen LogP contribution in [0.3, 0.4) is 0 Å². The van der Waals surface area contributed by atoms with Gasteiger partial charge >= 0.3 is 5.97 Å². The average Bonchev–Trinajstić information content (AvgIpc) is 3.04. The fourth-order valence-corrected chi connectivity index (χ4v) is 4.18. The number of para-hydroxylation sites is 1. The molecule has 1 aliphatic carbocycles. The van der Waals surface area contributed by atoms with E-state index >= 15 is 0 Å². The zero-order chi connectivity index (χ0) is 19.4. The predicted molar refractivity (Wildman–Crippen MR) is 102 cm³/mol. The van der Waals surface area contributed by atoms with E-state index in [1.165, 1.54) is 6.42 Å². The van der Waals surface area contributed by atoms with Gasteiger partial charge in [0.15, 0.2) is 6.61 Å². The largest absolute Gasteiger partial charge is 0.455 e. The zero-order valence-corrected chi connectivity index (χ0v) is 16.0. The van der Waals surface area contributed by atoms with Gasteiger partial charge in [-0.3, -0.25) is 14.4 Å². The van der Waals surface area contributed by atoms with Gasteiger partial charge in [-0.05, 0) is 30.4 Å². The minimum atomic E-state index is -0.480. The summed E-state index contributed by atoms with van der Waals surface area (Å²) in [5.41, 5.74) is 0.654. The Morgan fingerprint density at radius 2 is 1.93 bits per heavy atom. The summed E-state index contributed by atoms with van der Waals surface area (Å²) in [4.78, 5) is 38.6. The molecule has 0 unspecified atom stereocenters. The number of carbonyl (C=O) groups excluding carboxylic acids is 3. The highest BCUT2D eigenvalue weighted by molar-refractivity contribution is 5.93. The molecule has 27 heavy (non-hydrogen) atoms. The zero-order valence-electron chi connectivity index (χ0n) is 16.0. The van der Waals surface area contributed by atoms with E-state index < -0.39 is 11.9 Å². The molecule has 4 atom stereocenters. The van der Waals surface area contributed by atoms with E-state index in [1.807, 2.05) is 23.1 Å². The third-order valence-electron chi connectivity index (χ3n) is 5.96. The highest BCUT2D eigenvalue weighted by Crippen LogP contribution is 2.35. The van der Waals surface area contributed by atoms with Gasteiger partial charge in [0.25, 0.3) is 5.91 Å². The number of nitrogens with zero attached hydrogens (tertiary/aromatic N) is 1. The monoisotopic (exact) mass is 372 g/mol. The summed E-state index contributed by atoms with van der Waals surface area (Å²) in [6.07, 6.45) is 3.49. The van der Waals surface area contributed by atoms with Gasteiger partial charge < -0.3 is 15.0 Å². The van der Waals surface area contributed by atoms with Crippen molar-refractivity contribution >= 4 is 23.5 Å². The van der Waals surface area contributed by atoms with Crippen molar-refractivity contribution in [3.63, 3.8) is 0 Å². The maximum absolute atomic E-state index is 12.5. The maximum atomic E-state index is 12.5. The Labute approximate surface area is 160 Å². The number of ether oxygens (including phenoxy) is 1. The molecule has 0 bridgehead atoms. The van der Waals surface area contributed by atoms with Crippen molar-refractivity contribution in [3.05, 3.63) is 30.3 Å². The van der Waals surface area contributed by atoms with Crippen LogP contribution in [0.15, 0.2) is 30.3 Å². The van der Waals surface area contributed by atoms with Gasteiger partial charge in [0.2, 0.25) is 5.91 Å². The van der Waals surface area contributed by atoms with E-state index in [-0.39, 0.29) is 30.9 Å². The first kappa shape index (κ1) is 19.4. The van der Waals surface area contributed by atoms with Crippen LogP contribution in [-0.4, -0.2) is 41.9 Å². The van der Waals surface area contributed by atoms with E-state index in [2.05, 4.69) is 19.2 Å². The summed E-state index contributed by atoms with van der Waals surface area (Å²) in [5, 5.41) is 2.67. The van der Waals surface area contributed by atoms with Crippen molar-refractivity contribution in [2.45, 2.75) is 45.6 Å². The third kappa shape index (κ3) is 4.67. The van der Waals surface area contributed by atoms with Gasteiger partial charge in [0.05, 0.1) is 5.92 Å². The number of likely N-dealkylation sites (tertiary alicyclic amines) is 1. The molecule has 6 heteroatoms. The molecule has 6 nitrogen and oxygen atoms in total. The molecular weight excluding hydrogens is 344 g/mol. The molecule has 0 radical (unpaired) electrons. The van der Waals surface area contributed by atoms with Crippen LogP contribution in [0.25, 0.3) is 0 Å². The van der Waals surface area contributed by atoms with E-state index in [0.29, 0.717) is 24.1 Å². The first-order valence-corrected chi connectivity index (χ1v) is 9.76. The van der Waals surface area contributed by atoms with E-state index in [9.17, 15) is 14.4 Å². The predicted octanol–water partition coefficient (Wildman–Crippen LogP) is 2.84. The first-order chi connectivity index (χ1) is 13.0. The molecule has 1 heterocycles. The second-order valence-corrected chi connectivity index (χ2v) is 7.80. The van der Waals surface area contributed by atoms with Crippen LogP contribution in [-0.2, 0) is 19.1 Å². The lowest BCUT2D eigenvalue weighted by atomic mass is 9.77. The summed E-state index contributed by atoms with van der Waals surface area (Å²) in [5.74, 6) is -0.280. The third-order valence-corrected chi connectivity index (χ3v) is 5.96. The minimum Gasteiger partial charge on any atom is -0.455 e. The Hall–Kier alpha value is -2.37. The maximum Gasteiger partial charge on any atom is 0.311 e. The van der Waals surface area contributed by atoms with E-state index in [1.54, 1.807) is 12.1 Å². The molecule has 1 saturated carbocycles. The van der Waals surface area contributed by atoms with Gasteiger partial charge in [0, 0.05) is 24.7 Å². The lowest BCUT2D eigenvalue weighted by Crippen LogP contribution is -2.45. The average molecular weight is 372 g/mol. The molecule has 1 N–H and O–H groups in total. The van der Waals surface area contributed by atoms with Gasteiger partial charge in [-0.25, -0.2) is 0 Å². The Morgan fingerprint density at radius 3 is 2.67 bits per heavy atom. The number of benzene rings is 1. The van der Waals surface area contributed by atoms with Crippen LogP contribution in [0.2, 0.25) is 0 Å². The quantitative estimate of drug-likeness (QED) is 0.807. The molecule has 3 rings (SSSR count). The fourth-order valence-electron chi connectivity index (χ4n) is 4.18. The van der Waals surface area contributed by atoms with Crippen LogP contribution in [0, 0.1) is 17.8 Å². The van der Waals surface area contributed by atoms with Crippen LogP contribution in [0.5, 0.6) is 0 Å². The highest BCUT2D eigenvalue weighted by Gasteiger charge is 2.42. The topological polar surface area (TPSA) is 75.7 Å². The summed E-state index contributed by atoms with van der Waals surface area (Å²) in [7, 11) is 0. The molecule has 146 valence electrons. The van der Waals surface area contributed by atoms with Crippen LogP contribution < -0.4 is 5.32 Å². The number of rotatable bonds is 5. The van der Waals surface area contributed by atoms with E-state index in [4.69, 9.17) is 4.74 Å². The van der Waals surface area contributed by atoms with Gasteiger partial charge in [-0.1, -0.05) is 44.9 Å². The first-order valence-electron chi connectivity index (χ1n) is 9.76. The minimum absolute atomic E-state index is 0.0247. The fraction of sp³-hybridized carbons (Fsp3) is 0.571. The van der Waals surface area contributed by atoms with Crippen LogP contribution in [0.4, 0.5) is 5.69 Å². The number of anilines is 1. The lowest BCUT2D eigenvalue weighted by molar-refractivity contribution is -0.151. The summed E-state index contributed by atoms with van der Waals surface area (Å²) >= 11 is 0. The molecule has 1 saturated heterocycles. The number of hydrogen-bond donors (Lipinski definition) is 1. The van der Waals surface area contributed by atoms with Crippen molar-refractivity contribution < 1.29 is 19.1 Å². The van der Waals surface area contributed by atoms with Crippen molar-refractivity contribution in [1.82, 2.24) is 4.90 Å². The molecule has 1 aromatic carbocycles. The highest BCUT2D eigenvalue weighted by atomic mass is 16.5. The molecule has 0 spiro atoms.